The summed E-state index contributed by atoms with van der Waals surface area (Å²) in [6, 6.07) is 6.86. The number of rotatable bonds is 16. The molecule has 43 heavy (non-hydrogen) atoms. The second-order valence-corrected chi connectivity index (χ2v) is 10.2. The Bertz CT molecular complexity index is 1290. The third-order valence-electron chi connectivity index (χ3n) is 6.69. The predicted octanol–water partition coefficient (Wildman–Crippen LogP) is -1.25. The second kappa shape index (κ2) is 16.6. The van der Waals surface area contributed by atoms with Crippen molar-refractivity contribution >= 4 is 29.6 Å². The lowest BCUT2D eigenvalue weighted by atomic mass is 9.95. The van der Waals surface area contributed by atoms with Gasteiger partial charge in [0, 0.05) is 13.0 Å². The lowest BCUT2D eigenvalue weighted by Crippen LogP contribution is -2.57. The molecule has 0 aliphatic rings. The van der Waals surface area contributed by atoms with Gasteiger partial charge in [0.05, 0.1) is 19.7 Å². The Morgan fingerprint density at radius 1 is 0.907 bits per heavy atom. The van der Waals surface area contributed by atoms with Crippen molar-refractivity contribution in [1.29, 1.82) is 0 Å². The smallest absolute Gasteiger partial charge is 0.243 e. The molecule has 14 nitrogen and oxygen atoms in total. The van der Waals surface area contributed by atoms with E-state index < -0.39 is 48.3 Å². The van der Waals surface area contributed by atoms with Crippen LogP contribution >= 0.6 is 0 Å². The first kappa shape index (κ1) is 34.4. The number of aromatic hydroxyl groups is 1. The van der Waals surface area contributed by atoms with E-state index in [1.165, 1.54) is 7.11 Å². The van der Waals surface area contributed by atoms with Crippen molar-refractivity contribution < 1.29 is 29.0 Å². The molecular formula is C29H42N8O6. The van der Waals surface area contributed by atoms with E-state index in [9.17, 15) is 24.3 Å². The number of phenolic OH excluding ortho intramolecular Hbond substituents is 1. The number of nitrogens with two attached hydrogens (primary N) is 4. The lowest BCUT2D eigenvalue weighted by Gasteiger charge is -2.24. The number of hydrogen-bond donors (Lipinski definition) is 8. The highest BCUT2D eigenvalue weighted by Gasteiger charge is 2.29. The van der Waals surface area contributed by atoms with Gasteiger partial charge in [0.15, 0.2) is 5.96 Å². The van der Waals surface area contributed by atoms with Gasteiger partial charge in [-0.15, -0.1) is 0 Å². The highest BCUT2D eigenvalue weighted by atomic mass is 16.5. The molecule has 2 aromatic carbocycles. The van der Waals surface area contributed by atoms with Crippen LogP contribution in [0, 0.1) is 13.8 Å². The molecule has 0 aliphatic carbocycles. The average Bonchev–Trinajstić information content (AvgIpc) is 2.94. The fourth-order valence-electron chi connectivity index (χ4n) is 4.43. The Kier molecular flexibility index (Phi) is 13.2. The number of guanidine groups is 1. The molecule has 234 valence electrons. The van der Waals surface area contributed by atoms with Crippen molar-refractivity contribution in [1.82, 2.24) is 16.0 Å². The molecule has 0 spiro atoms. The minimum Gasteiger partial charge on any atom is -0.508 e. The Hall–Kier alpha value is -4.85. The number of ether oxygens (including phenoxy) is 1. The summed E-state index contributed by atoms with van der Waals surface area (Å²) >= 11 is 0. The molecule has 0 saturated heterocycles. The van der Waals surface area contributed by atoms with Crippen LogP contribution in [0.1, 0.15) is 35.1 Å². The number of hydrogen-bond acceptors (Lipinski definition) is 8. The van der Waals surface area contributed by atoms with Crippen LogP contribution in [0.25, 0.3) is 0 Å². The van der Waals surface area contributed by atoms with Crippen LogP contribution in [0.4, 0.5) is 0 Å². The summed E-state index contributed by atoms with van der Waals surface area (Å²) in [5.74, 6) is -2.01. The van der Waals surface area contributed by atoms with Crippen LogP contribution < -0.4 is 43.6 Å². The molecule has 0 saturated carbocycles. The number of primary amides is 1. The van der Waals surface area contributed by atoms with E-state index in [2.05, 4.69) is 20.9 Å². The molecule has 0 aliphatic heterocycles. The number of nitrogens with one attached hydrogen (secondary N) is 3. The van der Waals surface area contributed by atoms with Crippen molar-refractivity contribution in [2.24, 2.45) is 27.9 Å². The predicted molar refractivity (Wildman–Crippen MR) is 162 cm³/mol. The molecule has 0 bridgehead atoms. The SMILES string of the molecule is COc1ccc(C[C@H](NC(=O)[C@@H](CCCN=C(N)N)NC(=O)[C@@H](N)Cc2c(C)cc(O)cc2C)C(=O)NCC(N)=O)cc1. The summed E-state index contributed by atoms with van der Waals surface area (Å²) in [5, 5.41) is 17.6. The maximum atomic E-state index is 13.5. The Balaban J connectivity index is 2.24. The first-order valence-corrected chi connectivity index (χ1v) is 13.7. The van der Waals surface area contributed by atoms with Crippen molar-refractivity contribution in [3.63, 3.8) is 0 Å². The summed E-state index contributed by atoms with van der Waals surface area (Å²) in [7, 11) is 1.52. The van der Waals surface area contributed by atoms with E-state index in [-0.39, 0.29) is 37.5 Å². The number of carbonyl (C=O) groups excluding carboxylic acids is 4. The van der Waals surface area contributed by atoms with Crippen LogP contribution in [0.5, 0.6) is 11.5 Å². The third kappa shape index (κ3) is 11.5. The number of methoxy groups -OCH3 is 1. The van der Waals surface area contributed by atoms with Crippen molar-refractivity contribution in [2.75, 3.05) is 20.2 Å². The van der Waals surface area contributed by atoms with E-state index in [0.717, 1.165) is 16.7 Å². The number of benzene rings is 2. The highest BCUT2D eigenvalue weighted by molar-refractivity contribution is 5.94. The van der Waals surface area contributed by atoms with Gasteiger partial charge in [0.25, 0.3) is 0 Å². The summed E-state index contributed by atoms with van der Waals surface area (Å²) < 4.78 is 5.17. The van der Waals surface area contributed by atoms with Crippen LogP contribution in [-0.2, 0) is 32.0 Å². The van der Waals surface area contributed by atoms with Crippen LogP contribution in [-0.4, -0.2) is 73.0 Å². The third-order valence-corrected chi connectivity index (χ3v) is 6.69. The lowest BCUT2D eigenvalue weighted by molar-refractivity contribution is -0.133. The molecular weight excluding hydrogens is 556 g/mol. The largest absolute Gasteiger partial charge is 0.508 e. The molecule has 0 aromatic heterocycles. The van der Waals surface area contributed by atoms with Gasteiger partial charge in [0.2, 0.25) is 23.6 Å². The van der Waals surface area contributed by atoms with Crippen molar-refractivity contribution in [3.05, 3.63) is 58.7 Å². The normalized spacial score (nSPS) is 12.7. The average molecular weight is 599 g/mol. The summed E-state index contributed by atoms with van der Waals surface area (Å²) in [6.45, 7) is 3.39. The molecule has 2 rings (SSSR count). The zero-order valence-electron chi connectivity index (χ0n) is 24.7. The monoisotopic (exact) mass is 598 g/mol. The number of carbonyl (C=O) groups is 4. The van der Waals surface area contributed by atoms with Gasteiger partial charge >= 0.3 is 0 Å². The zero-order chi connectivity index (χ0) is 32.1. The molecule has 3 atom stereocenters. The highest BCUT2D eigenvalue weighted by Crippen LogP contribution is 2.22. The van der Waals surface area contributed by atoms with E-state index in [1.807, 2.05) is 0 Å². The van der Waals surface area contributed by atoms with E-state index in [0.29, 0.717) is 17.7 Å². The molecule has 0 heterocycles. The standard InChI is InChI=1S/C29H42N8O6/c1-16-11-19(38)12-17(2)21(16)14-22(30)26(40)36-23(5-4-10-34-29(32)33)28(42)37-24(27(41)35-15-25(31)39)13-18-6-8-20(43-3)9-7-18/h6-9,11-12,22-24,38H,4-5,10,13-15,30H2,1-3H3,(H2,31,39)(H,35,41)(H,36,40)(H,37,42)(H4,32,33,34)/t22-,23+,24-/m0/s1. The Morgan fingerprint density at radius 2 is 1.51 bits per heavy atom. The van der Waals surface area contributed by atoms with E-state index in [4.69, 9.17) is 27.7 Å². The number of aryl methyl sites for hydroxylation is 2. The number of nitrogens with zero attached hydrogens (tertiary/aromatic N) is 1. The fourth-order valence-corrected chi connectivity index (χ4v) is 4.43. The van der Waals surface area contributed by atoms with Crippen molar-refractivity contribution in [3.8, 4) is 11.5 Å². The molecule has 2 aromatic rings. The van der Waals surface area contributed by atoms with Gasteiger partial charge in [-0.25, -0.2) is 0 Å². The van der Waals surface area contributed by atoms with Gasteiger partial charge in [0.1, 0.15) is 23.6 Å². The summed E-state index contributed by atoms with van der Waals surface area (Å²) in [6.07, 6.45) is 0.713. The summed E-state index contributed by atoms with van der Waals surface area (Å²) in [4.78, 5) is 54.8. The molecule has 0 fully saturated rings. The molecule has 0 unspecified atom stereocenters. The summed E-state index contributed by atoms with van der Waals surface area (Å²) in [5.41, 5.74) is 25.3. The molecule has 0 radical (unpaired) electrons. The van der Waals surface area contributed by atoms with Gasteiger partial charge < -0.3 is 48.7 Å². The number of phenols is 1. The maximum absolute atomic E-state index is 13.5. The topological polar surface area (TPSA) is 250 Å². The number of aliphatic imine (C=N–C) groups is 1. The quantitative estimate of drug-likeness (QED) is 0.0652. The minimum absolute atomic E-state index is 0.0773. The Morgan fingerprint density at radius 3 is 2.07 bits per heavy atom. The molecule has 12 N–H and O–H groups in total. The van der Waals surface area contributed by atoms with Crippen LogP contribution in [0.15, 0.2) is 41.4 Å². The Labute approximate surface area is 250 Å². The molecule has 14 heteroatoms. The van der Waals surface area contributed by atoms with Crippen LogP contribution in [0.3, 0.4) is 0 Å². The minimum atomic E-state index is -1.10. The van der Waals surface area contributed by atoms with Crippen molar-refractivity contribution in [2.45, 2.75) is 57.7 Å². The second-order valence-electron chi connectivity index (χ2n) is 10.2. The maximum Gasteiger partial charge on any atom is 0.243 e. The first-order valence-electron chi connectivity index (χ1n) is 13.7. The van der Waals surface area contributed by atoms with Gasteiger partial charge in [-0.1, -0.05) is 12.1 Å². The van der Waals surface area contributed by atoms with E-state index in [1.54, 1.807) is 50.2 Å². The van der Waals surface area contributed by atoms with Gasteiger partial charge in [-0.05, 0) is 79.6 Å². The van der Waals surface area contributed by atoms with Gasteiger partial charge in [-0.3, -0.25) is 24.2 Å². The fraction of sp³-hybridized carbons (Fsp3) is 0.414. The number of amides is 4. The van der Waals surface area contributed by atoms with Gasteiger partial charge in [-0.2, -0.15) is 0 Å². The zero-order valence-corrected chi connectivity index (χ0v) is 24.7. The van der Waals surface area contributed by atoms with Crippen LogP contribution in [0.2, 0.25) is 0 Å². The van der Waals surface area contributed by atoms with E-state index >= 15 is 0 Å². The first-order chi connectivity index (χ1) is 20.3. The molecule has 4 amide bonds.